The molecule has 1 aromatic rings. The molecule has 3 N–H and O–H groups in total. The Morgan fingerprint density at radius 3 is 2.78 bits per heavy atom. The van der Waals surface area contributed by atoms with Gasteiger partial charge in [-0.1, -0.05) is 18.2 Å². The van der Waals surface area contributed by atoms with Gasteiger partial charge in [0.2, 0.25) is 0 Å². The van der Waals surface area contributed by atoms with Gasteiger partial charge in [-0.15, -0.1) is 0 Å². The fourth-order valence-electron chi connectivity index (χ4n) is 1.51. The zero-order chi connectivity index (χ0) is 13.2. The molecule has 0 aliphatic heterocycles. The van der Waals surface area contributed by atoms with E-state index in [1.54, 1.807) is 30.0 Å². The van der Waals surface area contributed by atoms with Gasteiger partial charge in [-0.25, -0.2) is 4.39 Å². The lowest BCUT2D eigenvalue weighted by molar-refractivity contribution is 0.171. The molecule has 102 valence electrons. The van der Waals surface area contributed by atoms with E-state index in [2.05, 4.69) is 5.32 Å². The van der Waals surface area contributed by atoms with Gasteiger partial charge in [0.1, 0.15) is 5.82 Å². The molecule has 0 bridgehead atoms. The Morgan fingerprint density at radius 2 is 2.06 bits per heavy atom. The van der Waals surface area contributed by atoms with Crippen molar-refractivity contribution in [2.24, 2.45) is 0 Å². The minimum absolute atomic E-state index is 0.229. The first kappa shape index (κ1) is 15.4. The summed E-state index contributed by atoms with van der Waals surface area (Å²) in [7, 11) is 0. The quantitative estimate of drug-likeness (QED) is 0.598. The molecule has 0 saturated carbocycles. The summed E-state index contributed by atoms with van der Waals surface area (Å²) in [5, 5.41) is 21.5. The zero-order valence-corrected chi connectivity index (χ0v) is 11.1. The normalized spacial score (nSPS) is 12.6. The molecule has 0 amide bonds. The van der Waals surface area contributed by atoms with Crippen LogP contribution in [0.15, 0.2) is 24.3 Å². The average Bonchev–Trinajstić information content (AvgIpc) is 2.38. The molecule has 0 saturated heterocycles. The molecule has 0 spiro atoms. The lowest BCUT2D eigenvalue weighted by Gasteiger charge is -2.12. The Bertz CT molecular complexity index is 339. The molecule has 1 unspecified atom stereocenters. The second kappa shape index (κ2) is 9.33. The molecule has 0 aromatic heterocycles. The molecule has 0 radical (unpaired) electrons. The van der Waals surface area contributed by atoms with Gasteiger partial charge in [-0.3, -0.25) is 0 Å². The van der Waals surface area contributed by atoms with Crippen LogP contribution in [0, 0.1) is 5.82 Å². The Hall–Kier alpha value is -0.620. The van der Waals surface area contributed by atoms with E-state index in [0.717, 1.165) is 24.5 Å². The fraction of sp³-hybridized carbons (Fsp3) is 0.538. The van der Waals surface area contributed by atoms with Gasteiger partial charge < -0.3 is 15.5 Å². The number of thioether (sulfide) groups is 1. The Kier molecular flexibility index (Phi) is 8.00. The number of rotatable bonds is 9. The van der Waals surface area contributed by atoms with Crippen LogP contribution in [0.2, 0.25) is 0 Å². The Morgan fingerprint density at radius 1 is 1.28 bits per heavy atom. The van der Waals surface area contributed by atoms with Crippen molar-refractivity contribution in [3.8, 4) is 0 Å². The van der Waals surface area contributed by atoms with Crippen LogP contribution in [0.4, 0.5) is 4.39 Å². The van der Waals surface area contributed by atoms with Gasteiger partial charge in [-0.05, 0) is 18.2 Å². The largest absolute Gasteiger partial charge is 0.396 e. The van der Waals surface area contributed by atoms with E-state index in [9.17, 15) is 9.50 Å². The van der Waals surface area contributed by atoms with Crippen molar-refractivity contribution >= 4 is 11.8 Å². The number of hydrogen-bond donors (Lipinski definition) is 3. The smallest absolute Gasteiger partial charge is 0.129 e. The van der Waals surface area contributed by atoms with Crippen molar-refractivity contribution in [2.75, 3.05) is 31.2 Å². The van der Waals surface area contributed by atoms with Crippen molar-refractivity contribution in [1.29, 1.82) is 0 Å². The van der Waals surface area contributed by atoms with Gasteiger partial charge in [0.05, 0.1) is 6.10 Å². The van der Waals surface area contributed by atoms with E-state index in [1.807, 2.05) is 0 Å². The molecule has 1 rings (SSSR count). The molecule has 3 nitrogen and oxygen atoms in total. The van der Waals surface area contributed by atoms with Gasteiger partial charge in [0, 0.05) is 31.0 Å². The van der Waals surface area contributed by atoms with Crippen LogP contribution in [0.25, 0.3) is 0 Å². The predicted octanol–water partition coefficient (Wildman–Crippen LogP) is 1.56. The van der Waals surface area contributed by atoms with Crippen molar-refractivity contribution < 1.29 is 14.6 Å². The van der Waals surface area contributed by atoms with Crippen molar-refractivity contribution in [2.45, 2.75) is 12.5 Å². The van der Waals surface area contributed by atoms with Crippen LogP contribution in [-0.2, 0) is 0 Å². The molecule has 0 heterocycles. The zero-order valence-electron chi connectivity index (χ0n) is 10.3. The lowest BCUT2D eigenvalue weighted by Crippen LogP contribution is -2.24. The van der Waals surface area contributed by atoms with Crippen LogP contribution in [0.5, 0.6) is 0 Å². The Labute approximate surface area is 111 Å². The minimum Gasteiger partial charge on any atom is -0.396 e. The molecule has 0 aliphatic rings. The molecule has 5 heteroatoms. The third-order valence-corrected chi connectivity index (χ3v) is 3.54. The number of hydrogen-bond acceptors (Lipinski definition) is 4. The van der Waals surface area contributed by atoms with Gasteiger partial charge >= 0.3 is 0 Å². The van der Waals surface area contributed by atoms with Crippen molar-refractivity contribution in [3.63, 3.8) is 0 Å². The summed E-state index contributed by atoms with van der Waals surface area (Å²) in [6, 6.07) is 6.27. The SMILES string of the molecule is OCCCSCCNCC(O)c1ccccc1F. The molecular weight excluding hydrogens is 253 g/mol. The van der Waals surface area contributed by atoms with E-state index in [-0.39, 0.29) is 12.4 Å². The summed E-state index contributed by atoms with van der Waals surface area (Å²) in [6.07, 6.45) is -0.00339. The molecule has 1 atom stereocenters. The third-order valence-electron chi connectivity index (χ3n) is 2.47. The highest BCUT2D eigenvalue weighted by Crippen LogP contribution is 2.15. The standard InChI is InChI=1S/C13H20FNO2S/c14-12-5-2-1-4-11(12)13(17)10-15-6-9-18-8-3-7-16/h1-2,4-5,13,15-17H,3,6-10H2. The maximum absolute atomic E-state index is 13.3. The summed E-state index contributed by atoms with van der Waals surface area (Å²) in [5.41, 5.74) is 0.331. The molecule has 1 aromatic carbocycles. The van der Waals surface area contributed by atoms with Gasteiger partial charge in [0.15, 0.2) is 0 Å². The summed E-state index contributed by atoms with van der Waals surface area (Å²) < 4.78 is 13.3. The van der Waals surface area contributed by atoms with Crippen molar-refractivity contribution in [3.05, 3.63) is 35.6 Å². The molecule has 18 heavy (non-hydrogen) atoms. The van der Waals surface area contributed by atoms with Crippen LogP contribution < -0.4 is 5.32 Å². The monoisotopic (exact) mass is 273 g/mol. The molecule has 0 aliphatic carbocycles. The number of aliphatic hydroxyl groups excluding tert-OH is 2. The maximum atomic E-state index is 13.3. The first-order valence-corrected chi connectivity index (χ1v) is 7.23. The molecular formula is C13H20FNO2S. The number of nitrogens with one attached hydrogen (secondary N) is 1. The number of aliphatic hydroxyl groups is 2. The van der Waals surface area contributed by atoms with Crippen molar-refractivity contribution in [1.82, 2.24) is 5.32 Å². The van der Waals surface area contributed by atoms with Gasteiger partial charge in [-0.2, -0.15) is 11.8 Å². The fourth-order valence-corrected chi connectivity index (χ4v) is 2.33. The van der Waals surface area contributed by atoms with E-state index < -0.39 is 6.10 Å². The van der Waals surface area contributed by atoms with E-state index in [4.69, 9.17) is 5.11 Å². The number of benzene rings is 1. The van der Waals surface area contributed by atoms with Crippen LogP contribution in [0.1, 0.15) is 18.1 Å². The maximum Gasteiger partial charge on any atom is 0.129 e. The lowest BCUT2D eigenvalue weighted by atomic mass is 10.1. The van der Waals surface area contributed by atoms with E-state index in [0.29, 0.717) is 12.1 Å². The predicted molar refractivity (Wildman–Crippen MR) is 73.3 cm³/mol. The topological polar surface area (TPSA) is 52.5 Å². The number of halogens is 1. The van der Waals surface area contributed by atoms with E-state index >= 15 is 0 Å². The highest BCUT2D eigenvalue weighted by atomic mass is 32.2. The highest BCUT2D eigenvalue weighted by Gasteiger charge is 2.10. The van der Waals surface area contributed by atoms with Crippen LogP contribution >= 0.6 is 11.8 Å². The average molecular weight is 273 g/mol. The highest BCUT2D eigenvalue weighted by molar-refractivity contribution is 7.99. The summed E-state index contributed by atoms with van der Waals surface area (Å²) in [5.74, 6) is 1.49. The third kappa shape index (κ3) is 5.82. The van der Waals surface area contributed by atoms with Gasteiger partial charge in [0.25, 0.3) is 0 Å². The summed E-state index contributed by atoms with van der Waals surface area (Å²) >= 11 is 1.75. The minimum atomic E-state index is -0.811. The first-order chi connectivity index (χ1) is 8.75. The van der Waals surface area contributed by atoms with Crippen LogP contribution in [0.3, 0.4) is 0 Å². The van der Waals surface area contributed by atoms with Crippen LogP contribution in [-0.4, -0.2) is 41.4 Å². The molecule has 0 fully saturated rings. The second-order valence-corrected chi connectivity index (χ2v) is 5.16. The summed E-state index contributed by atoms with van der Waals surface area (Å²) in [6.45, 7) is 1.34. The first-order valence-electron chi connectivity index (χ1n) is 6.07. The Balaban J connectivity index is 2.14. The summed E-state index contributed by atoms with van der Waals surface area (Å²) in [4.78, 5) is 0. The van der Waals surface area contributed by atoms with E-state index in [1.165, 1.54) is 6.07 Å². The second-order valence-electron chi connectivity index (χ2n) is 3.93.